The van der Waals surface area contributed by atoms with Crippen molar-refractivity contribution in [2.45, 2.75) is 20.8 Å². The second kappa shape index (κ2) is 10.0. The van der Waals surface area contributed by atoms with Gasteiger partial charge in [-0.05, 0) is 30.5 Å². The fourth-order valence-corrected chi connectivity index (χ4v) is 0.719. The molecular weight excluding hydrogens is 254 g/mol. The Kier molecular flexibility index (Phi) is 11.8. The molecule has 0 aliphatic heterocycles. The van der Waals surface area contributed by atoms with Crippen molar-refractivity contribution in [2.24, 2.45) is 0 Å². The van der Waals surface area contributed by atoms with E-state index in [4.69, 9.17) is 11.6 Å². The number of hydrogen-bond acceptors (Lipinski definition) is 0. The van der Waals surface area contributed by atoms with Crippen LogP contribution in [0.2, 0.25) is 5.02 Å². The first-order valence-corrected chi connectivity index (χ1v) is 5.96. The first kappa shape index (κ1) is 15.4. The molecule has 0 bridgehead atoms. The van der Waals surface area contributed by atoms with Crippen molar-refractivity contribution in [1.29, 1.82) is 0 Å². The lowest BCUT2D eigenvalue weighted by molar-refractivity contribution is 0.627. The molecule has 0 nitrogen and oxygen atoms in total. The quantitative estimate of drug-likeness (QED) is 0.592. The molecule has 0 fully saturated rings. The highest BCUT2D eigenvalue weighted by atomic mass is 79.9. The molecular formula is C10H15BrClF. The molecule has 0 heterocycles. The van der Waals surface area contributed by atoms with Gasteiger partial charge in [-0.1, -0.05) is 47.4 Å². The van der Waals surface area contributed by atoms with E-state index >= 15 is 0 Å². The molecule has 0 saturated carbocycles. The summed E-state index contributed by atoms with van der Waals surface area (Å²) >= 11 is 8.34. The second-order valence-electron chi connectivity index (χ2n) is 1.92. The predicted octanol–water partition coefficient (Wildman–Crippen LogP) is 4.82. The van der Waals surface area contributed by atoms with Crippen molar-refractivity contribution in [1.82, 2.24) is 0 Å². The van der Waals surface area contributed by atoms with Gasteiger partial charge in [0.2, 0.25) is 0 Å². The van der Waals surface area contributed by atoms with Gasteiger partial charge in [0, 0.05) is 0 Å². The molecule has 0 spiro atoms. The van der Waals surface area contributed by atoms with Crippen LogP contribution in [0.15, 0.2) is 18.2 Å². The topological polar surface area (TPSA) is 0 Å². The highest BCUT2D eigenvalue weighted by molar-refractivity contribution is 9.08. The SMILES string of the molecule is CBr.CC.Cc1ccc(Cl)c(F)c1. The van der Waals surface area contributed by atoms with E-state index in [-0.39, 0.29) is 10.8 Å². The number of hydrogen-bond donors (Lipinski definition) is 0. The number of alkyl halides is 1. The van der Waals surface area contributed by atoms with Gasteiger partial charge < -0.3 is 0 Å². The van der Waals surface area contributed by atoms with Crippen LogP contribution in [-0.2, 0) is 0 Å². The van der Waals surface area contributed by atoms with Crippen molar-refractivity contribution in [3.63, 3.8) is 0 Å². The summed E-state index contributed by atoms with van der Waals surface area (Å²) in [6.45, 7) is 5.82. The Bertz CT molecular complexity index is 226. The Morgan fingerprint density at radius 2 is 1.69 bits per heavy atom. The highest BCUT2D eigenvalue weighted by Crippen LogP contribution is 2.14. The van der Waals surface area contributed by atoms with E-state index in [1.54, 1.807) is 12.1 Å². The third-order valence-electron chi connectivity index (χ3n) is 1.08. The van der Waals surface area contributed by atoms with Gasteiger partial charge in [-0.15, -0.1) is 0 Å². The van der Waals surface area contributed by atoms with E-state index < -0.39 is 0 Å². The van der Waals surface area contributed by atoms with Crippen LogP contribution in [0.3, 0.4) is 0 Å². The average molecular weight is 270 g/mol. The zero-order valence-electron chi connectivity index (χ0n) is 8.37. The minimum atomic E-state index is -0.350. The van der Waals surface area contributed by atoms with E-state index in [0.717, 1.165) is 5.56 Å². The third-order valence-corrected chi connectivity index (χ3v) is 1.38. The van der Waals surface area contributed by atoms with Gasteiger partial charge in [-0.25, -0.2) is 4.39 Å². The molecule has 0 aliphatic carbocycles. The van der Waals surface area contributed by atoms with Crippen molar-refractivity contribution in [3.8, 4) is 0 Å². The standard InChI is InChI=1S/C7H6ClF.C2H6.CH3Br/c1-5-2-3-6(8)7(9)4-5;2*1-2/h2-4H,1H3;1-2H3;1H3. The number of benzene rings is 1. The lowest BCUT2D eigenvalue weighted by Crippen LogP contribution is -1.76. The maximum atomic E-state index is 12.4. The molecule has 0 aliphatic rings. The Labute approximate surface area is 93.2 Å². The lowest BCUT2D eigenvalue weighted by Gasteiger charge is -1.92. The molecule has 76 valence electrons. The van der Waals surface area contributed by atoms with E-state index in [1.807, 2.05) is 26.6 Å². The monoisotopic (exact) mass is 268 g/mol. The molecule has 13 heavy (non-hydrogen) atoms. The van der Waals surface area contributed by atoms with Gasteiger partial charge >= 0.3 is 0 Å². The van der Waals surface area contributed by atoms with Gasteiger partial charge in [0.1, 0.15) is 5.82 Å². The summed E-state index contributed by atoms with van der Waals surface area (Å²) in [6.07, 6.45) is 0. The van der Waals surface area contributed by atoms with Gasteiger partial charge in [-0.3, -0.25) is 0 Å². The number of rotatable bonds is 0. The van der Waals surface area contributed by atoms with Gasteiger partial charge in [0.25, 0.3) is 0 Å². The lowest BCUT2D eigenvalue weighted by atomic mass is 10.2. The minimum Gasteiger partial charge on any atom is -0.205 e. The summed E-state index contributed by atoms with van der Waals surface area (Å²) in [5, 5.41) is 0.181. The molecule has 1 aromatic carbocycles. The molecule has 0 aromatic heterocycles. The maximum absolute atomic E-state index is 12.4. The van der Waals surface area contributed by atoms with Gasteiger partial charge in [0.15, 0.2) is 0 Å². The number of aryl methyl sites for hydroxylation is 1. The van der Waals surface area contributed by atoms with E-state index in [9.17, 15) is 4.39 Å². The average Bonchev–Trinajstić information content (AvgIpc) is 2.18. The Morgan fingerprint density at radius 1 is 1.23 bits per heavy atom. The molecule has 0 saturated heterocycles. The molecule has 0 radical (unpaired) electrons. The van der Waals surface area contributed by atoms with E-state index in [2.05, 4.69) is 15.9 Å². The first-order chi connectivity index (χ1) is 6.20. The van der Waals surface area contributed by atoms with E-state index in [1.165, 1.54) is 6.07 Å². The Morgan fingerprint density at radius 3 is 2.00 bits per heavy atom. The molecule has 0 atom stereocenters. The zero-order chi connectivity index (χ0) is 10.9. The molecule has 1 rings (SSSR count). The predicted molar refractivity (Wildman–Crippen MR) is 62.3 cm³/mol. The smallest absolute Gasteiger partial charge is 0.142 e. The summed E-state index contributed by atoms with van der Waals surface area (Å²) in [5.74, 6) is 1.46. The Balaban J connectivity index is 0. The van der Waals surface area contributed by atoms with Gasteiger partial charge in [-0.2, -0.15) is 0 Å². The Hall–Kier alpha value is -0.0800. The summed E-state index contributed by atoms with van der Waals surface area (Å²) in [7, 11) is 0. The molecule has 0 N–H and O–H groups in total. The van der Waals surface area contributed by atoms with Crippen molar-refractivity contribution >= 4 is 27.5 Å². The summed E-state index contributed by atoms with van der Waals surface area (Å²) < 4.78 is 12.4. The third kappa shape index (κ3) is 7.03. The van der Waals surface area contributed by atoms with Crippen LogP contribution in [-0.4, -0.2) is 5.83 Å². The van der Waals surface area contributed by atoms with E-state index in [0.29, 0.717) is 0 Å². The van der Waals surface area contributed by atoms with Gasteiger partial charge in [0.05, 0.1) is 5.02 Å². The number of halogens is 3. The highest BCUT2D eigenvalue weighted by Gasteiger charge is 1.95. The normalized spacial score (nSPS) is 7.62. The molecule has 0 unspecified atom stereocenters. The van der Waals surface area contributed by atoms with Crippen molar-refractivity contribution < 1.29 is 4.39 Å². The molecule has 0 amide bonds. The fourth-order valence-electron chi connectivity index (χ4n) is 0.601. The summed E-state index contributed by atoms with van der Waals surface area (Å²) in [4.78, 5) is 0. The first-order valence-electron chi connectivity index (χ1n) is 3.99. The van der Waals surface area contributed by atoms with Crippen LogP contribution >= 0.6 is 27.5 Å². The van der Waals surface area contributed by atoms with Crippen LogP contribution in [0.4, 0.5) is 4.39 Å². The molecule has 3 heteroatoms. The van der Waals surface area contributed by atoms with Crippen molar-refractivity contribution in [2.75, 3.05) is 5.83 Å². The fraction of sp³-hybridized carbons (Fsp3) is 0.400. The van der Waals surface area contributed by atoms with Crippen LogP contribution in [0.5, 0.6) is 0 Å². The summed E-state index contributed by atoms with van der Waals surface area (Å²) in [5.41, 5.74) is 0.886. The van der Waals surface area contributed by atoms with Crippen LogP contribution in [0, 0.1) is 12.7 Å². The zero-order valence-corrected chi connectivity index (χ0v) is 10.7. The van der Waals surface area contributed by atoms with Crippen molar-refractivity contribution in [3.05, 3.63) is 34.6 Å². The summed E-state index contributed by atoms with van der Waals surface area (Å²) in [6, 6.07) is 4.72. The van der Waals surface area contributed by atoms with Crippen LogP contribution in [0.1, 0.15) is 19.4 Å². The largest absolute Gasteiger partial charge is 0.205 e. The van der Waals surface area contributed by atoms with Crippen LogP contribution < -0.4 is 0 Å². The maximum Gasteiger partial charge on any atom is 0.142 e. The molecule has 1 aromatic rings. The minimum absolute atomic E-state index is 0.181. The van der Waals surface area contributed by atoms with Crippen LogP contribution in [0.25, 0.3) is 0 Å². The second-order valence-corrected chi connectivity index (χ2v) is 2.32.